The molecule has 0 aromatic rings. The van der Waals surface area contributed by atoms with Crippen molar-refractivity contribution in [2.24, 2.45) is 23.7 Å². The molecule has 0 saturated heterocycles. The van der Waals surface area contributed by atoms with Crippen LogP contribution in [0.15, 0.2) is 0 Å². The third-order valence-corrected chi connectivity index (χ3v) is 5.38. The Labute approximate surface area is 108 Å². The number of nitrogens with one attached hydrogen (secondary N) is 1. The molecule has 2 aliphatic carbocycles. The van der Waals surface area contributed by atoms with Gasteiger partial charge in [-0.15, -0.1) is 0 Å². The highest BCUT2D eigenvalue weighted by Crippen LogP contribution is 2.44. The second kappa shape index (κ2) is 6.78. The minimum absolute atomic E-state index is 0.996. The van der Waals surface area contributed by atoms with Crippen LogP contribution in [0.1, 0.15) is 65.2 Å². The Bertz CT molecular complexity index is 214. The van der Waals surface area contributed by atoms with Gasteiger partial charge in [-0.1, -0.05) is 46.0 Å². The third-order valence-electron chi connectivity index (χ3n) is 5.38. The molecule has 0 aromatic heterocycles. The van der Waals surface area contributed by atoms with E-state index in [4.69, 9.17) is 0 Å². The molecule has 0 heterocycles. The second-order valence-electron chi connectivity index (χ2n) is 6.36. The van der Waals surface area contributed by atoms with Crippen molar-refractivity contribution in [2.75, 3.05) is 13.1 Å². The van der Waals surface area contributed by atoms with Crippen molar-refractivity contribution in [2.45, 2.75) is 65.2 Å². The molecule has 0 bridgehead atoms. The molecule has 2 saturated carbocycles. The molecule has 0 radical (unpaired) electrons. The molecule has 0 aromatic carbocycles. The molecule has 2 fully saturated rings. The van der Waals surface area contributed by atoms with E-state index in [2.05, 4.69) is 19.2 Å². The van der Waals surface area contributed by atoms with Gasteiger partial charge in [-0.05, 0) is 56.0 Å². The summed E-state index contributed by atoms with van der Waals surface area (Å²) in [6.45, 7) is 7.05. The van der Waals surface area contributed by atoms with E-state index in [9.17, 15) is 0 Å². The van der Waals surface area contributed by atoms with Gasteiger partial charge in [-0.2, -0.15) is 0 Å². The van der Waals surface area contributed by atoms with Crippen LogP contribution >= 0.6 is 0 Å². The summed E-state index contributed by atoms with van der Waals surface area (Å²) in [6, 6.07) is 0. The molecule has 0 spiro atoms. The zero-order valence-electron chi connectivity index (χ0n) is 11.9. The van der Waals surface area contributed by atoms with Crippen molar-refractivity contribution in [1.29, 1.82) is 0 Å². The van der Waals surface area contributed by atoms with Crippen molar-refractivity contribution >= 4 is 0 Å². The van der Waals surface area contributed by atoms with Gasteiger partial charge in [0.15, 0.2) is 0 Å². The Morgan fingerprint density at radius 2 is 1.82 bits per heavy atom. The van der Waals surface area contributed by atoms with Gasteiger partial charge in [0, 0.05) is 0 Å². The summed E-state index contributed by atoms with van der Waals surface area (Å²) in [5.41, 5.74) is 0. The standard InChI is InChI=1S/C16H31N/c1-3-13-7-5-8-14(11-13)16-10-6-9-15(16)12-17-4-2/h13-17H,3-12H2,1-2H3. The van der Waals surface area contributed by atoms with Crippen LogP contribution in [0.4, 0.5) is 0 Å². The van der Waals surface area contributed by atoms with Gasteiger partial charge in [0.2, 0.25) is 0 Å². The fraction of sp³-hybridized carbons (Fsp3) is 1.00. The average molecular weight is 237 g/mol. The van der Waals surface area contributed by atoms with Crippen LogP contribution in [0, 0.1) is 23.7 Å². The zero-order chi connectivity index (χ0) is 12.1. The quantitative estimate of drug-likeness (QED) is 0.754. The van der Waals surface area contributed by atoms with Crippen LogP contribution in [0.25, 0.3) is 0 Å². The molecule has 0 aliphatic heterocycles. The normalized spacial score (nSPS) is 38.5. The first-order valence-corrected chi connectivity index (χ1v) is 8.05. The van der Waals surface area contributed by atoms with Crippen LogP contribution < -0.4 is 5.32 Å². The first-order chi connectivity index (χ1) is 8.35. The Morgan fingerprint density at radius 1 is 1.00 bits per heavy atom. The molecular formula is C16H31N. The van der Waals surface area contributed by atoms with Gasteiger partial charge in [0.25, 0.3) is 0 Å². The summed E-state index contributed by atoms with van der Waals surface area (Å²) in [6.07, 6.45) is 12.0. The van der Waals surface area contributed by atoms with Gasteiger partial charge in [0.05, 0.1) is 0 Å². The number of hydrogen-bond donors (Lipinski definition) is 1. The van der Waals surface area contributed by atoms with E-state index in [-0.39, 0.29) is 0 Å². The Kier molecular flexibility index (Phi) is 5.34. The Morgan fingerprint density at radius 3 is 2.59 bits per heavy atom. The van der Waals surface area contributed by atoms with Crippen molar-refractivity contribution in [3.63, 3.8) is 0 Å². The second-order valence-corrected chi connectivity index (χ2v) is 6.36. The average Bonchev–Trinajstić information content (AvgIpc) is 2.84. The molecule has 1 heteroatoms. The van der Waals surface area contributed by atoms with Crippen LogP contribution in [0.3, 0.4) is 0 Å². The van der Waals surface area contributed by atoms with Gasteiger partial charge < -0.3 is 5.32 Å². The predicted molar refractivity (Wildman–Crippen MR) is 75.1 cm³/mol. The maximum Gasteiger partial charge on any atom is -0.00179 e. The largest absolute Gasteiger partial charge is 0.317 e. The summed E-state index contributed by atoms with van der Waals surface area (Å²) in [4.78, 5) is 0. The summed E-state index contributed by atoms with van der Waals surface area (Å²) in [5.74, 6) is 4.17. The van der Waals surface area contributed by atoms with E-state index in [0.717, 1.165) is 30.2 Å². The van der Waals surface area contributed by atoms with Gasteiger partial charge in [-0.25, -0.2) is 0 Å². The van der Waals surface area contributed by atoms with Crippen LogP contribution in [-0.4, -0.2) is 13.1 Å². The first-order valence-electron chi connectivity index (χ1n) is 8.05. The van der Waals surface area contributed by atoms with Crippen LogP contribution in [-0.2, 0) is 0 Å². The highest BCUT2D eigenvalue weighted by molar-refractivity contribution is 4.87. The molecule has 1 nitrogen and oxygen atoms in total. The SMILES string of the molecule is CCNCC1CCCC1C1CCCC(CC)C1. The summed E-state index contributed by atoms with van der Waals surface area (Å²) in [7, 11) is 0. The molecular weight excluding hydrogens is 206 g/mol. The molecule has 17 heavy (non-hydrogen) atoms. The van der Waals surface area contributed by atoms with Crippen molar-refractivity contribution in [3.8, 4) is 0 Å². The molecule has 0 amide bonds. The van der Waals surface area contributed by atoms with E-state index in [1.807, 2.05) is 0 Å². The molecule has 2 rings (SSSR count). The molecule has 4 unspecified atom stereocenters. The van der Waals surface area contributed by atoms with E-state index in [1.54, 1.807) is 6.42 Å². The van der Waals surface area contributed by atoms with Crippen molar-refractivity contribution in [1.82, 2.24) is 5.32 Å². The minimum atomic E-state index is 0.996. The third kappa shape index (κ3) is 3.47. The molecule has 2 aliphatic rings. The summed E-state index contributed by atoms with van der Waals surface area (Å²) < 4.78 is 0. The van der Waals surface area contributed by atoms with Crippen molar-refractivity contribution < 1.29 is 0 Å². The van der Waals surface area contributed by atoms with Crippen molar-refractivity contribution in [3.05, 3.63) is 0 Å². The molecule has 4 atom stereocenters. The Balaban J connectivity index is 1.86. The summed E-state index contributed by atoms with van der Waals surface area (Å²) in [5, 5.41) is 3.58. The van der Waals surface area contributed by atoms with E-state index < -0.39 is 0 Å². The van der Waals surface area contributed by atoms with Gasteiger partial charge in [-0.3, -0.25) is 0 Å². The topological polar surface area (TPSA) is 12.0 Å². The number of rotatable bonds is 5. The zero-order valence-corrected chi connectivity index (χ0v) is 11.9. The molecule has 100 valence electrons. The van der Waals surface area contributed by atoms with E-state index >= 15 is 0 Å². The maximum atomic E-state index is 3.58. The molecule has 1 N–H and O–H groups in total. The van der Waals surface area contributed by atoms with Crippen LogP contribution in [0.2, 0.25) is 0 Å². The van der Waals surface area contributed by atoms with Gasteiger partial charge >= 0.3 is 0 Å². The lowest BCUT2D eigenvalue weighted by Crippen LogP contribution is -2.31. The lowest BCUT2D eigenvalue weighted by Gasteiger charge is -2.35. The number of hydrogen-bond acceptors (Lipinski definition) is 1. The minimum Gasteiger partial charge on any atom is -0.317 e. The van der Waals surface area contributed by atoms with E-state index in [0.29, 0.717) is 0 Å². The maximum absolute atomic E-state index is 3.58. The fourth-order valence-electron chi connectivity index (χ4n) is 4.36. The summed E-state index contributed by atoms with van der Waals surface area (Å²) >= 11 is 0. The predicted octanol–water partition coefficient (Wildman–Crippen LogP) is 4.23. The van der Waals surface area contributed by atoms with E-state index in [1.165, 1.54) is 51.5 Å². The fourth-order valence-corrected chi connectivity index (χ4v) is 4.36. The van der Waals surface area contributed by atoms with Gasteiger partial charge in [0.1, 0.15) is 0 Å². The monoisotopic (exact) mass is 237 g/mol. The smallest absolute Gasteiger partial charge is 0.00179 e. The Hall–Kier alpha value is -0.0400. The highest BCUT2D eigenvalue weighted by Gasteiger charge is 2.35. The van der Waals surface area contributed by atoms with Crippen LogP contribution in [0.5, 0.6) is 0 Å². The lowest BCUT2D eigenvalue weighted by molar-refractivity contribution is 0.159. The highest BCUT2D eigenvalue weighted by atomic mass is 14.8. The first kappa shape index (κ1) is 13.4. The lowest BCUT2D eigenvalue weighted by atomic mass is 9.71.